The lowest BCUT2D eigenvalue weighted by atomic mass is 9.99. The Hall–Kier alpha value is -2.12. The number of benzene rings is 3. The largest absolute Gasteiger partial charge is 0.288 e. The molecule has 0 amide bonds. The minimum atomic E-state index is 0.434. The first-order valence-corrected chi connectivity index (χ1v) is 7.61. The van der Waals surface area contributed by atoms with Crippen molar-refractivity contribution in [2.75, 3.05) is 0 Å². The fraction of sp³-hybridized carbons (Fsp3) is 0.200. The summed E-state index contributed by atoms with van der Waals surface area (Å²) in [6.45, 7) is 4.44. The molecule has 1 heterocycles. The average molecular weight is 273 g/mol. The number of fused-ring (bicyclic) bond motifs is 2. The summed E-state index contributed by atoms with van der Waals surface area (Å²) >= 11 is 0. The van der Waals surface area contributed by atoms with Gasteiger partial charge in [-0.15, -0.1) is 0 Å². The summed E-state index contributed by atoms with van der Waals surface area (Å²) < 4.78 is 0. The maximum absolute atomic E-state index is 2.56. The monoisotopic (exact) mass is 273 g/mol. The molecule has 1 aliphatic heterocycles. The summed E-state index contributed by atoms with van der Waals surface area (Å²) in [6, 6.07) is 24.6. The molecule has 3 aromatic carbocycles. The van der Waals surface area contributed by atoms with Crippen molar-refractivity contribution in [1.82, 2.24) is 4.90 Å². The quantitative estimate of drug-likeness (QED) is 0.641. The smallest absolute Gasteiger partial charge is 0.0333 e. The Kier molecular flexibility index (Phi) is 3.01. The second kappa shape index (κ2) is 5.01. The van der Waals surface area contributed by atoms with E-state index in [-0.39, 0.29) is 0 Å². The molecule has 21 heavy (non-hydrogen) atoms. The van der Waals surface area contributed by atoms with E-state index in [0.29, 0.717) is 6.04 Å². The summed E-state index contributed by atoms with van der Waals surface area (Å²) in [7, 11) is 0. The van der Waals surface area contributed by atoms with Crippen molar-refractivity contribution in [2.45, 2.75) is 26.1 Å². The lowest BCUT2D eigenvalue weighted by Gasteiger charge is -2.25. The summed E-state index contributed by atoms with van der Waals surface area (Å²) in [5.41, 5.74) is 4.38. The normalized spacial score (nSPS) is 16.0. The topological polar surface area (TPSA) is 3.24 Å². The molecule has 0 aliphatic carbocycles. The Morgan fingerprint density at radius 3 is 2.14 bits per heavy atom. The molecular weight excluding hydrogens is 254 g/mol. The van der Waals surface area contributed by atoms with Gasteiger partial charge in [0.05, 0.1) is 0 Å². The third-order valence-corrected chi connectivity index (χ3v) is 4.69. The Balaban J connectivity index is 1.71. The lowest BCUT2D eigenvalue weighted by molar-refractivity contribution is 0.216. The molecule has 1 heteroatoms. The van der Waals surface area contributed by atoms with Gasteiger partial charge in [-0.25, -0.2) is 0 Å². The summed E-state index contributed by atoms with van der Waals surface area (Å²) in [5.74, 6) is 0. The van der Waals surface area contributed by atoms with Crippen LogP contribution in [0.5, 0.6) is 0 Å². The van der Waals surface area contributed by atoms with Crippen molar-refractivity contribution in [3.8, 4) is 0 Å². The number of nitrogens with zero attached hydrogens (tertiary/aromatic N) is 1. The molecule has 1 nitrogen and oxygen atoms in total. The third-order valence-electron chi connectivity index (χ3n) is 4.69. The molecule has 0 unspecified atom stereocenters. The van der Waals surface area contributed by atoms with Crippen LogP contribution in [0.4, 0.5) is 0 Å². The zero-order valence-corrected chi connectivity index (χ0v) is 12.3. The van der Waals surface area contributed by atoms with Crippen LogP contribution in [-0.2, 0) is 13.1 Å². The van der Waals surface area contributed by atoms with E-state index in [1.165, 1.54) is 27.5 Å². The highest BCUT2D eigenvalue weighted by Crippen LogP contribution is 2.33. The molecule has 0 bridgehead atoms. The van der Waals surface area contributed by atoms with Crippen LogP contribution in [0, 0.1) is 0 Å². The summed E-state index contributed by atoms with van der Waals surface area (Å²) in [5, 5.41) is 2.71. The Bertz CT molecular complexity index is 760. The summed E-state index contributed by atoms with van der Waals surface area (Å²) in [6.07, 6.45) is 0. The standard InChI is InChI=1S/C20H19N/c1-15(21-13-17-8-2-3-9-18(17)14-21)19-12-6-10-16-7-4-5-11-20(16)19/h2-12,15H,13-14H2,1H3/t15-/m1/s1. The SMILES string of the molecule is C[C@H](c1cccc2ccccc12)N1Cc2ccccc2C1. The van der Waals surface area contributed by atoms with Gasteiger partial charge in [0.25, 0.3) is 0 Å². The Morgan fingerprint density at radius 2 is 1.38 bits per heavy atom. The first kappa shape index (κ1) is 12.6. The molecule has 3 aromatic rings. The van der Waals surface area contributed by atoms with Crippen molar-refractivity contribution < 1.29 is 0 Å². The van der Waals surface area contributed by atoms with E-state index in [1.807, 2.05) is 0 Å². The predicted octanol–water partition coefficient (Wildman–Crippen LogP) is 4.92. The van der Waals surface area contributed by atoms with Crippen LogP contribution >= 0.6 is 0 Å². The molecule has 1 atom stereocenters. The molecule has 0 spiro atoms. The predicted molar refractivity (Wildman–Crippen MR) is 88.1 cm³/mol. The Labute approximate surface area is 125 Å². The van der Waals surface area contributed by atoms with Gasteiger partial charge in [-0.05, 0) is 34.4 Å². The number of hydrogen-bond donors (Lipinski definition) is 0. The highest BCUT2D eigenvalue weighted by Gasteiger charge is 2.24. The first-order chi connectivity index (χ1) is 10.3. The third kappa shape index (κ3) is 2.14. The molecule has 0 fully saturated rings. The molecule has 104 valence electrons. The van der Waals surface area contributed by atoms with E-state index in [9.17, 15) is 0 Å². The van der Waals surface area contributed by atoms with Crippen molar-refractivity contribution in [3.63, 3.8) is 0 Å². The second-order valence-electron chi connectivity index (χ2n) is 5.92. The van der Waals surface area contributed by atoms with Gasteiger partial charge in [-0.2, -0.15) is 0 Å². The molecule has 0 saturated carbocycles. The minimum absolute atomic E-state index is 0.434. The number of rotatable bonds is 2. The molecular formula is C20H19N. The van der Waals surface area contributed by atoms with Gasteiger partial charge in [0, 0.05) is 19.1 Å². The van der Waals surface area contributed by atoms with E-state index in [4.69, 9.17) is 0 Å². The minimum Gasteiger partial charge on any atom is -0.288 e. The molecule has 0 N–H and O–H groups in total. The fourth-order valence-electron chi connectivity index (χ4n) is 3.44. The molecule has 0 radical (unpaired) electrons. The van der Waals surface area contributed by atoms with Crippen LogP contribution in [0.2, 0.25) is 0 Å². The van der Waals surface area contributed by atoms with Crippen LogP contribution in [0.25, 0.3) is 10.8 Å². The van der Waals surface area contributed by atoms with Gasteiger partial charge in [0.2, 0.25) is 0 Å². The van der Waals surface area contributed by atoms with Crippen molar-refractivity contribution in [1.29, 1.82) is 0 Å². The van der Waals surface area contributed by atoms with Crippen molar-refractivity contribution in [3.05, 3.63) is 83.4 Å². The second-order valence-corrected chi connectivity index (χ2v) is 5.92. The first-order valence-electron chi connectivity index (χ1n) is 7.61. The highest BCUT2D eigenvalue weighted by atomic mass is 15.2. The van der Waals surface area contributed by atoms with Crippen LogP contribution in [0.1, 0.15) is 29.7 Å². The van der Waals surface area contributed by atoms with Crippen LogP contribution in [-0.4, -0.2) is 4.90 Å². The van der Waals surface area contributed by atoms with Crippen molar-refractivity contribution >= 4 is 10.8 Å². The fourth-order valence-corrected chi connectivity index (χ4v) is 3.44. The van der Waals surface area contributed by atoms with Gasteiger partial charge in [0.15, 0.2) is 0 Å². The zero-order valence-electron chi connectivity index (χ0n) is 12.3. The zero-order chi connectivity index (χ0) is 14.2. The van der Waals surface area contributed by atoms with Gasteiger partial charge >= 0.3 is 0 Å². The van der Waals surface area contributed by atoms with Gasteiger partial charge in [-0.1, -0.05) is 66.7 Å². The van der Waals surface area contributed by atoms with E-state index < -0.39 is 0 Å². The van der Waals surface area contributed by atoms with Crippen LogP contribution < -0.4 is 0 Å². The maximum atomic E-state index is 2.56. The molecule has 0 saturated heterocycles. The lowest BCUT2D eigenvalue weighted by Crippen LogP contribution is -2.20. The van der Waals surface area contributed by atoms with Gasteiger partial charge < -0.3 is 0 Å². The van der Waals surface area contributed by atoms with E-state index in [2.05, 4.69) is 78.6 Å². The average Bonchev–Trinajstić information content (AvgIpc) is 2.97. The highest BCUT2D eigenvalue weighted by molar-refractivity contribution is 5.86. The van der Waals surface area contributed by atoms with E-state index >= 15 is 0 Å². The Morgan fingerprint density at radius 1 is 0.762 bits per heavy atom. The summed E-state index contributed by atoms with van der Waals surface area (Å²) in [4.78, 5) is 2.56. The van der Waals surface area contributed by atoms with Crippen LogP contribution in [0.15, 0.2) is 66.7 Å². The molecule has 1 aliphatic rings. The van der Waals surface area contributed by atoms with E-state index in [1.54, 1.807) is 0 Å². The number of hydrogen-bond acceptors (Lipinski definition) is 1. The van der Waals surface area contributed by atoms with E-state index in [0.717, 1.165) is 13.1 Å². The van der Waals surface area contributed by atoms with Gasteiger partial charge in [0.1, 0.15) is 0 Å². The maximum Gasteiger partial charge on any atom is 0.0333 e. The molecule has 0 aromatic heterocycles. The molecule has 4 rings (SSSR count). The van der Waals surface area contributed by atoms with Gasteiger partial charge in [-0.3, -0.25) is 4.90 Å². The van der Waals surface area contributed by atoms with Crippen molar-refractivity contribution in [2.24, 2.45) is 0 Å². The van der Waals surface area contributed by atoms with Crippen LogP contribution in [0.3, 0.4) is 0 Å².